The maximum absolute atomic E-state index is 13.6. The first-order chi connectivity index (χ1) is 16.2. The molecule has 168 valence electrons. The van der Waals surface area contributed by atoms with E-state index in [1.54, 1.807) is 7.11 Å². The molecule has 2 N–H and O–H groups in total. The fraction of sp³-hybridized carbons (Fsp3) is 0.231. The number of aliphatic hydroxyl groups excluding tert-OH is 1. The van der Waals surface area contributed by atoms with Crippen molar-refractivity contribution in [3.63, 3.8) is 0 Å². The van der Waals surface area contributed by atoms with Gasteiger partial charge in [0, 0.05) is 36.7 Å². The highest BCUT2D eigenvalue weighted by molar-refractivity contribution is 6.03. The highest BCUT2D eigenvalue weighted by atomic mass is 16.5. The Balaban J connectivity index is 1.65. The minimum absolute atomic E-state index is 0.0212. The molecular formula is C26H26N4O3. The lowest BCUT2D eigenvalue weighted by Crippen LogP contribution is -2.22. The number of pyridine rings is 2. The molecule has 0 aliphatic heterocycles. The highest BCUT2D eigenvalue weighted by Gasteiger charge is 2.16. The lowest BCUT2D eigenvalue weighted by atomic mass is 10.1. The third kappa shape index (κ3) is 3.91. The predicted octanol–water partition coefficient (Wildman–Crippen LogP) is 3.85. The zero-order valence-electron chi connectivity index (χ0n) is 18.5. The fourth-order valence-electron chi connectivity index (χ4n) is 4.25. The summed E-state index contributed by atoms with van der Waals surface area (Å²) < 4.78 is 9.07. The molecule has 0 atom stereocenters. The number of fused-ring (bicyclic) bond motifs is 5. The van der Waals surface area contributed by atoms with E-state index in [2.05, 4.69) is 5.32 Å². The maximum Gasteiger partial charge on any atom is 0.260 e. The molecule has 0 bridgehead atoms. The normalized spacial score (nSPS) is 11.5. The monoisotopic (exact) mass is 442 g/mol. The van der Waals surface area contributed by atoms with Crippen LogP contribution in [-0.2, 0) is 13.0 Å². The lowest BCUT2D eigenvalue weighted by molar-refractivity contribution is 0.292. The minimum Gasteiger partial charge on any atom is -0.497 e. The van der Waals surface area contributed by atoms with Crippen LogP contribution in [0.4, 0.5) is 5.69 Å². The van der Waals surface area contributed by atoms with Crippen molar-refractivity contribution in [1.82, 2.24) is 14.0 Å². The summed E-state index contributed by atoms with van der Waals surface area (Å²) in [6.45, 7) is 1.34. The zero-order chi connectivity index (χ0) is 22.8. The van der Waals surface area contributed by atoms with Crippen molar-refractivity contribution >= 4 is 33.3 Å². The number of benzene rings is 2. The van der Waals surface area contributed by atoms with E-state index in [4.69, 9.17) is 14.8 Å². The average Bonchev–Trinajstić information content (AvgIpc) is 3.23. The SMILES string of the molecule is COc1ccc(CCn2c(=O)c3ccccc3c3nc4ccc(NCCCO)cn4c32)cc1. The van der Waals surface area contributed by atoms with Gasteiger partial charge in [-0.05, 0) is 48.7 Å². The average molecular weight is 443 g/mol. The van der Waals surface area contributed by atoms with Crippen LogP contribution in [0, 0.1) is 0 Å². The first-order valence-corrected chi connectivity index (χ1v) is 11.1. The summed E-state index contributed by atoms with van der Waals surface area (Å²) in [5.41, 5.74) is 4.40. The minimum atomic E-state index is -0.0212. The maximum atomic E-state index is 13.6. The van der Waals surface area contributed by atoms with Gasteiger partial charge in [0.05, 0.1) is 12.8 Å². The summed E-state index contributed by atoms with van der Waals surface area (Å²) in [6, 6.07) is 19.5. The van der Waals surface area contributed by atoms with E-state index >= 15 is 0 Å². The zero-order valence-corrected chi connectivity index (χ0v) is 18.5. The Morgan fingerprint density at radius 1 is 1.03 bits per heavy atom. The number of aromatic nitrogens is 3. The van der Waals surface area contributed by atoms with Crippen LogP contribution in [0.1, 0.15) is 12.0 Å². The summed E-state index contributed by atoms with van der Waals surface area (Å²) in [5.74, 6) is 0.812. The molecule has 3 heterocycles. The number of nitrogens with zero attached hydrogens (tertiary/aromatic N) is 3. The van der Waals surface area contributed by atoms with Crippen LogP contribution in [0.2, 0.25) is 0 Å². The molecule has 0 aliphatic carbocycles. The molecule has 0 radical (unpaired) electrons. The predicted molar refractivity (Wildman–Crippen MR) is 131 cm³/mol. The van der Waals surface area contributed by atoms with Crippen molar-refractivity contribution in [2.75, 3.05) is 25.6 Å². The molecule has 0 unspecified atom stereocenters. The van der Waals surface area contributed by atoms with Crippen molar-refractivity contribution in [3.8, 4) is 5.75 Å². The third-order valence-corrected chi connectivity index (χ3v) is 5.95. The van der Waals surface area contributed by atoms with E-state index in [1.807, 2.05) is 75.8 Å². The Hall–Kier alpha value is -3.84. The molecule has 0 amide bonds. The highest BCUT2D eigenvalue weighted by Crippen LogP contribution is 2.25. The molecule has 5 aromatic rings. The van der Waals surface area contributed by atoms with Crippen LogP contribution in [0.3, 0.4) is 0 Å². The Morgan fingerprint density at radius 3 is 2.58 bits per heavy atom. The molecule has 0 saturated heterocycles. The second-order valence-electron chi connectivity index (χ2n) is 8.03. The van der Waals surface area contributed by atoms with Crippen LogP contribution in [0.15, 0.2) is 71.7 Å². The van der Waals surface area contributed by atoms with E-state index in [-0.39, 0.29) is 12.2 Å². The summed E-state index contributed by atoms with van der Waals surface area (Å²) in [7, 11) is 1.65. The molecule has 0 saturated carbocycles. The van der Waals surface area contributed by atoms with Gasteiger partial charge in [0.25, 0.3) is 5.56 Å². The summed E-state index contributed by atoms with van der Waals surface area (Å²) in [5, 5.41) is 13.9. The number of aryl methyl sites for hydroxylation is 2. The van der Waals surface area contributed by atoms with E-state index in [0.29, 0.717) is 31.3 Å². The standard InChI is InChI=1S/C26H26N4O3/c1-33-20-10-7-18(8-11-20)13-15-29-25-24(21-5-2-3-6-22(21)26(29)32)28-23-12-9-19(17-30(23)25)27-14-4-16-31/h2-3,5-12,17,27,31H,4,13-16H2,1H3. The van der Waals surface area contributed by atoms with Gasteiger partial charge in [0.15, 0.2) is 0 Å². The Labute approximate surface area is 190 Å². The summed E-state index contributed by atoms with van der Waals surface area (Å²) in [4.78, 5) is 18.4. The van der Waals surface area contributed by atoms with Crippen LogP contribution < -0.4 is 15.6 Å². The molecule has 5 rings (SSSR count). The fourth-order valence-corrected chi connectivity index (χ4v) is 4.25. The van der Waals surface area contributed by atoms with E-state index in [9.17, 15) is 4.79 Å². The number of aliphatic hydroxyl groups is 1. The molecule has 33 heavy (non-hydrogen) atoms. The van der Waals surface area contributed by atoms with Crippen LogP contribution in [0.25, 0.3) is 27.6 Å². The van der Waals surface area contributed by atoms with Crippen molar-refractivity contribution in [1.29, 1.82) is 0 Å². The van der Waals surface area contributed by atoms with Gasteiger partial charge in [-0.3, -0.25) is 13.8 Å². The van der Waals surface area contributed by atoms with Crippen LogP contribution in [-0.4, -0.2) is 39.3 Å². The topological polar surface area (TPSA) is 80.8 Å². The molecular weight excluding hydrogens is 416 g/mol. The van der Waals surface area contributed by atoms with Gasteiger partial charge in [0.2, 0.25) is 0 Å². The Kier molecular flexibility index (Phi) is 5.71. The number of hydrogen-bond donors (Lipinski definition) is 2. The summed E-state index contributed by atoms with van der Waals surface area (Å²) >= 11 is 0. The number of anilines is 1. The first-order valence-electron chi connectivity index (χ1n) is 11.1. The Bertz CT molecular complexity index is 1490. The van der Waals surface area contributed by atoms with Crippen LogP contribution in [0.5, 0.6) is 5.75 Å². The van der Waals surface area contributed by atoms with Gasteiger partial charge in [-0.25, -0.2) is 4.98 Å². The second kappa shape index (κ2) is 8.96. The van der Waals surface area contributed by atoms with E-state index in [0.717, 1.165) is 39.2 Å². The number of rotatable bonds is 8. The van der Waals surface area contributed by atoms with Crippen molar-refractivity contribution < 1.29 is 9.84 Å². The molecule has 0 spiro atoms. The summed E-state index contributed by atoms with van der Waals surface area (Å²) in [6.07, 6.45) is 3.35. The van der Waals surface area contributed by atoms with Gasteiger partial charge in [0.1, 0.15) is 22.6 Å². The molecule has 0 aliphatic rings. The largest absolute Gasteiger partial charge is 0.497 e. The third-order valence-electron chi connectivity index (χ3n) is 5.95. The number of nitrogens with one attached hydrogen (secondary N) is 1. The number of methoxy groups -OCH3 is 1. The van der Waals surface area contributed by atoms with Gasteiger partial charge in [-0.1, -0.05) is 30.3 Å². The number of imidazole rings is 1. The number of hydrogen-bond acceptors (Lipinski definition) is 5. The Morgan fingerprint density at radius 2 is 1.82 bits per heavy atom. The van der Waals surface area contributed by atoms with Crippen molar-refractivity contribution in [3.05, 3.63) is 82.8 Å². The van der Waals surface area contributed by atoms with Crippen molar-refractivity contribution in [2.45, 2.75) is 19.4 Å². The molecule has 3 aromatic heterocycles. The molecule has 7 heteroatoms. The quantitative estimate of drug-likeness (QED) is 0.357. The smallest absolute Gasteiger partial charge is 0.260 e. The first kappa shape index (κ1) is 21.0. The molecule has 2 aromatic carbocycles. The number of ether oxygens (including phenoxy) is 1. The van der Waals surface area contributed by atoms with Gasteiger partial charge >= 0.3 is 0 Å². The van der Waals surface area contributed by atoms with E-state index < -0.39 is 0 Å². The second-order valence-corrected chi connectivity index (χ2v) is 8.03. The van der Waals surface area contributed by atoms with Gasteiger partial charge < -0.3 is 15.2 Å². The van der Waals surface area contributed by atoms with Crippen LogP contribution >= 0.6 is 0 Å². The van der Waals surface area contributed by atoms with E-state index in [1.165, 1.54) is 0 Å². The lowest BCUT2D eigenvalue weighted by Gasteiger charge is -2.12. The molecule has 0 fully saturated rings. The van der Waals surface area contributed by atoms with Gasteiger partial charge in [-0.2, -0.15) is 0 Å². The van der Waals surface area contributed by atoms with Gasteiger partial charge in [-0.15, -0.1) is 0 Å². The molecule has 7 nitrogen and oxygen atoms in total. The van der Waals surface area contributed by atoms with Crippen molar-refractivity contribution in [2.24, 2.45) is 0 Å².